The highest BCUT2D eigenvalue weighted by atomic mass is 32.2. The van der Waals surface area contributed by atoms with Crippen LogP contribution in [-0.2, 0) is 14.6 Å². The quantitative estimate of drug-likeness (QED) is 0.181. The summed E-state index contributed by atoms with van der Waals surface area (Å²) in [4.78, 5) is 24.7. The Hall–Kier alpha value is -4.94. The molecule has 12 heteroatoms. The summed E-state index contributed by atoms with van der Waals surface area (Å²) < 4.78 is 38.8. The van der Waals surface area contributed by atoms with Crippen molar-refractivity contribution < 1.29 is 17.6 Å². The summed E-state index contributed by atoms with van der Waals surface area (Å²) in [5.74, 6) is -0.702. The van der Waals surface area contributed by atoms with Crippen molar-refractivity contribution in [3.05, 3.63) is 84.6 Å². The molecule has 6 rings (SSSR count). The zero-order chi connectivity index (χ0) is 31.4. The maximum Gasteiger partial charge on any atom is 0.229 e. The van der Waals surface area contributed by atoms with E-state index in [4.69, 9.17) is 5.73 Å². The van der Waals surface area contributed by atoms with Crippen molar-refractivity contribution in [1.29, 1.82) is 0 Å². The highest BCUT2D eigenvalue weighted by Gasteiger charge is 2.22. The SMILES string of the molecule is CC(C)(C)C(=O)Nc1cncc(-c2cnc3n[nH]c(-c4cc5c(-c6cc(F)cc(C(N)S(C)(=O)=O)c6)cccc5[nH]4)c3c2)c1. The molecule has 0 saturated carbocycles. The molecule has 0 saturated heterocycles. The number of hydrogen-bond donors (Lipinski definition) is 4. The van der Waals surface area contributed by atoms with Crippen LogP contribution in [0.2, 0.25) is 0 Å². The van der Waals surface area contributed by atoms with Gasteiger partial charge in [-0.3, -0.25) is 14.9 Å². The first-order valence-electron chi connectivity index (χ1n) is 13.8. The standard InChI is InChI=1S/C32H30FN7O3S/c1-32(2,3)31(41)37-22-11-19(14-35-16-22)20-12-25-28(39-40-30(25)36-15-20)27-13-24-23(6-5-7-26(24)38-27)17-8-18(10-21(33)9-17)29(34)44(4,42)43/h5-16,29,38H,34H2,1-4H3,(H,37,41)(H,36,39,40). The average molecular weight is 612 g/mol. The van der Waals surface area contributed by atoms with E-state index < -0.39 is 26.4 Å². The third-order valence-electron chi connectivity index (χ3n) is 7.37. The van der Waals surface area contributed by atoms with Crippen molar-refractivity contribution in [1.82, 2.24) is 25.1 Å². The summed E-state index contributed by atoms with van der Waals surface area (Å²) in [7, 11) is -3.63. The zero-order valence-corrected chi connectivity index (χ0v) is 25.3. The number of carbonyl (C=O) groups excluding carboxylic acids is 1. The Balaban J connectivity index is 1.40. The van der Waals surface area contributed by atoms with Gasteiger partial charge in [0.1, 0.15) is 11.2 Å². The number of anilines is 1. The third kappa shape index (κ3) is 5.56. The minimum atomic E-state index is -3.63. The minimum absolute atomic E-state index is 0.118. The molecular weight excluding hydrogens is 581 g/mol. The van der Waals surface area contributed by atoms with E-state index in [9.17, 15) is 17.6 Å². The molecule has 0 fully saturated rings. The Labute approximate surface area is 252 Å². The van der Waals surface area contributed by atoms with Gasteiger partial charge < -0.3 is 16.0 Å². The summed E-state index contributed by atoms with van der Waals surface area (Å²) in [6.45, 7) is 5.53. The van der Waals surface area contributed by atoms with Crippen molar-refractivity contribution in [3.8, 4) is 33.6 Å². The van der Waals surface area contributed by atoms with Crippen molar-refractivity contribution >= 4 is 43.4 Å². The van der Waals surface area contributed by atoms with Gasteiger partial charge in [0.15, 0.2) is 15.5 Å². The van der Waals surface area contributed by atoms with Crippen molar-refractivity contribution in [2.24, 2.45) is 11.1 Å². The van der Waals surface area contributed by atoms with Gasteiger partial charge in [0.05, 0.1) is 23.3 Å². The number of nitrogens with two attached hydrogens (primary N) is 1. The van der Waals surface area contributed by atoms with E-state index >= 15 is 0 Å². The summed E-state index contributed by atoms with van der Waals surface area (Å²) >= 11 is 0. The summed E-state index contributed by atoms with van der Waals surface area (Å²) in [5.41, 5.74) is 11.6. The Bertz CT molecular complexity index is 2180. The third-order valence-corrected chi connectivity index (χ3v) is 8.57. The van der Waals surface area contributed by atoms with Gasteiger partial charge in [-0.1, -0.05) is 32.9 Å². The van der Waals surface area contributed by atoms with Gasteiger partial charge in [-0.05, 0) is 59.2 Å². The number of halogens is 1. The number of amides is 1. The van der Waals surface area contributed by atoms with E-state index in [1.807, 2.05) is 57.2 Å². The molecule has 0 aliphatic carbocycles. The number of H-pyrrole nitrogens is 2. The van der Waals surface area contributed by atoms with E-state index in [1.54, 1.807) is 24.7 Å². The molecule has 2 aromatic carbocycles. The molecule has 0 aliphatic rings. The Morgan fingerprint density at radius 1 is 0.977 bits per heavy atom. The van der Waals surface area contributed by atoms with E-state index in [2.05, 4.69) is 30.5 Å². The first-order chi connectivity index (χ1) is 20.8. The fraction of sp³-hybridized carbons (Fsp3) is 0.188. The first kappa shape index (κ1) is 29.1. The number of fused-ring (bicyclic) bond motifs is 2. The van der Waals surface area contributed by atoms with Crippen LogP contribution in [0.5, 0.6) is 0 Å². The Morgan fingerprint density at radius 2 is 1.75 bits per heavy atom. The van der Waals surface area contributed by atoms with E-state index in [0.29, 0.717) is 28.2 Å². The van der Waals surface area contributed by atoms with Gasteiger partial charge in [0.25, 0.3) is 0 Å². The molecule has 0 bridgehead atoms. The summed E-state index contributed by atoms with van der Waals surface area (Å²) in [6, 6.07) is 15.4. The number of benzene rings is 2. The molecule has 224 valence electrons. The van der Waals surface area contributed by atoms with Crippen molar-refractivity contribution in [2.45, 2.75) is 26.1 Å². The van der Waals surface area contributed by atoms with E-state index in [1.165, 1.54) is 6.07 Å². The Kier molecular flexibility index (Phi) is 7.05. The van der Waals surface area contributed by atoms with Gasteiger partial charge in [0, 0.05) is 51.5 Å². The molecule has 4 heterocycles. The number of aromatic amines is 2. The minimum Gasteiger partial charge on any atom is -0.353 e. The molecule has 5 N–H and O–H groups in total. The predicted molar refractivity (Wildman–Crippen MR) is 170 cm³/mol. The van der Waals surface area contributed by atoms with Crippen LogP contribution in [0, 0.1) is 11.2 Å². The van der Waals surface area contributed by atoms with Crippen LogP contribution in [0.3, 0.4) is 0 Å². The summed E-state index contributed by atoms with van der Waals surface area (Å²) in [5, 5.41) is 10.6. The van der Waals surface area contributed by atoms with Gasteiger partial charge in [-0.15, -0.1) is 0 Å². The van der Waals surface area contributed by atoms with Crippen LogP contribution >= 0.6 is 0 Å². The highest BCUT2D eigenvalue weighted by molar-refractivity contribution is 7.90. The molecule has 1 atom stereocenters. The highest BCUT2D eigenvalue weighted by Crippen LogP contribution is 2.36. The lowest BCUT2D eigenvalue weighted by atomic mass is 9.95. The molecule has 1 amide bonds. The molecule has 10 nitrogen and oxygen atoms in total. The average Bonchev–Trinajstić information content (AvgIpc) is 3.59. The van der Waals surface area contributed by atoms with Crippen LogP contribution < -0.4 is 11.1 Å². The normalized spacial score (nSPS) is 13.0. The molecule has 4 aromatic heterocycles. The second-order valence-electron chi connectivity index (χ2n) is 11.8. The number of rotatable bonds is 6. The molecule has 0 spiro atoms. The molecule has 0 radical (unpaired) electrons. The monoisotopic (exact) mass is 611 g/mol. The maximum absolute atomic E-state index is 14.7. The second kappa shape index (κ2) is 10.6. The molecule has 0 aliphatic heterocycles. The van der Waals surface area contributed by atoms with Crippen LogP contribution in [0.25, 0.3) is 55.6 Å². The van der Waals surface area contributed by atoms with Gasteiger partial charge in [-0.25, -0.2) is 17.8 Å². The molecular formula is C32H30FN7O3S. The van der Waals surface area contributed by atoms with Gasteiger partial charge in [0.2, 0.25) is 5.91 Å². The number of carbonyl (C=O) groups is 1. The van der Waals surface area contributed by atoms with Gasteiger partial charge >= 0.3 is 0 Å². The first-order valence-corrected chi connectivity index (χ1v) is 15.7. The molecule has 6 aromatic rings. The number of sulfone groups is 1. The van der Waals surface area contributed by atoms with Crippen LogP contribution in [-0.4, -0.2) is 45.7 Å². The lowest BCUT2D eigenvalue weighted by molar-refractivity contribution is -0.123. The number of nitrogens with one attached hydrogen (secondary N) is 3. The Morgan fingerprint density at radius 3 is 2.50 bits per heavy atom. The molecule has 1 unspecified atom stereocenters. The van der Waals surface area contributed by atoms with Crippen LogP contribution in [0.4, 0.5) is 10.1 Å². The number of hydrogen-bond acceptors (Lipinski definition) is 7. The predicted octanol–water partition coefficient (Wildman–Crippen LogP) is 5.96. The smallest absolute Gasteiger partial charge is 0.229 e. The molecule has 44 heavy (non-hydrogen) atoms. The fourth-order valence-corrected chi connectivity index (χ4v) is 5.60. The van der Waals surface area contributed by atoms with Crippen LogP contribution in [0.1, 0.15) is 31.7 Å². The number of pyridine rings is 2. The maximum atomic E-state index is 14.7. The fourth-order valence-electron chi connectivity index (χ4n) is 4.97. The van der Waals surface area contributed by atoms with Crippen LogP contribution in [0.15, 0.2) is 73.2 Å². The topological polar surface area (TPSA) is 160 Å². The lowest BCUT2D eigenvalue weighted by Gasteiger charge is -2.17. The van der Waals surface area contributed by atoms with E-state index in [0.717, 1.165) is 45.4 Å². The van der Waals surface area contributed by atoms with Crippen molar-refractivity contribution in [3.63, 3.8) is 0 Å². The van der Waals surface area contributed by atoms with E-state index in [-0.39, 0.29) is 11.5 Å². The number of nitrogens with zero attached hydrogens (tertiary/aromatic N) is 3. The van der Waals surface area contributed by atoms with Gasteiger partial charge in [-0.2, -0.15) is 5.10 Å². The number of aromatic nitrogens is 5. The second-order valence-corrected chi connectivity index (χ2v) is 14.0. The van der Waals surface area contributed by atoms with Crippen molar-refractivity contribution in [2.75, 3.05) is 11.6 Å². The largest absolute Gasteiger partial charge is 0.353 e. The lowest BCUT2D eigenvalue weighted by Crippen LogP contribution is -2.27. The summed E-state index contributed by atoms with van der Waals surface area (Å²) in [6.07, 6.45) is 6.02. The zero-order valence-electron chi connectivity index (χ0n) is 24.4.